The lowest BCUT2D eigenvalue weighted by Gasteiger charge is -2.41. The highest BCUT2D eigenvalue weighted by atomic mass is 16.3. The number of aliphatic hydroxyl groups excluding tert-OH is 1. The topological polar surface area (TPSA) is 56.0 Å². The molecule has 0 saturated heterocycles. The fourth-order valence-electron chi connectivity index (χ4n) is 2.50. The van der Waals surface area contributed by atoms with Crippen molar-refractivity contribution in [3.63, 3.8) is 0 Å². The van der Waals surface area contributed by atoms with Gasteiger partial charge in [0, 0.05) is 6.61 Å². The Morgan fingerprint density at radius 2 is 2.27 bits per heavy atom. The molecule has 3 nitrogen and oxygen atoms in total. The number of hydrogen-bond donors (Lipinski definition) is 2. The first kappa shape index (κ1) is 12.5. The molecule has 0 heterocycles. The van der Waals surface area contributed by atoms with E-state index in [1.54, 1.807) is 0 Å². The zero-order valence-corrected chi connectivity index (χ0v) is 9.79. The molecule has 1 fully saturated rings. The van der Waals surface area contributed by atoms with Crippen LogP contribution >= 0.6 is 0 Å². The Labute approximate surface area is 92.5 Å². The lowest BCUT2D eigenvalue weighted by molar-refractivity contribution is 0.149. The maximum absolute atomic E-state index is 9.35. The maximum Gasteiger partial charge on any atom is 0.109 e. The SMILES string of the molecule is CC1CCCC(C#N)(NCCCO)C1C. The summed E-state index contributed by atoms with van der Waals surface area (Å²) in [6.07, 6.45) is 4.03. The number of nitriles is 1. The van der Waals surface area contributed by atoms with Crippen LogP contribution in [0.1, 0.15) is 39.5 Å². The zero-order chi connectivity index (χ0) is 11.3. The molecular formula is C12H22N2O. The second kappa shape index (κ2) is 5.48. The molecule has 1 rings (SSSR count). The molecule has 3 unspecified atom stereocenters. The summed E-state index contributed by atoms with van der Waals surface area (Å²) in [6, 6.07) is 2.46. The Morgan fingerprint density at radius 3 is 2.87 bits per heavy atom. The van der Waals surface area contributed by atoms with Crippen molar-refractivity contribution in [2.24, 2.45) is 11.8 Å². The maximum atomic E-state index is 9.35. The van der Waals surface area contributed by atoms with Gasteiger partial charge in [0.1, 0.15) is 5.54 Å². The van der Waals surface area contributed by atoms with Gasteiger partial charge in [0.15, 0.2) is 0 Å². The minimum atomic E-state index is -0.354. The Bertz CT molecular complexity index is 236. The minimum Gasteiger partial charge on any atom is -0.396 e. The van der Waals surface area contributed by atoms with E-state index >= 15 is 0 Å². The van der Waals surface area contributed by atoms with E-state index in [1.165, 1.54) is 6.42 Å². The average Bonchev–Trinajstić information content (AvgIpc) is 2.25. The third-order valence-electron chi connectivity index (χ3n) is 3.84. The van der Waals surface area contributed by atoms with Crippen LogP contribution in [0.4, 0.5) is 0 Å². The molecule has 0 aliphatic heterocycles. The quantitative estimate of drug-likeness (QED) is 0.694. The first-order chi connectivity index (χ1) is 7.16. The van der Waals surface area contributed by atoms with Gasteiger partial charge in [0.05, 0.1) is 6.07 Å². The summed E-state index contributed by atoms with van der Waals surface area (Å²) < 4.78 is 0. The molecule has 0 aromatic rings. The summed E-state index contributed by atoms with van der Waals surface area (Å²) in [5.74, 6) is 1.01. The molecular weight excluding hydrogens is 188 g/mol. The van der Waals surface area contributed by atoms with Crippen LogP contribution in [0.15, 0.2) is 0 Å². The number of rotatable bonds is 4. The molecule has 0 aromatic heterocycles. The van der Waals surface area contributed by atoms with Crippen LogP contribution in [-0.4, -0.2) is 23.8 Å². The van der Waals surface area contributed by atoms with Crippen molar-refractivity contribution in [2.45, 2.75) is 45.1 Å². The standard InChI is InChI=1S/C12H22N2O/c1-10-5-3-6-12(9-13,11(10)2)14-7-4-8-15/h10-11,14-15H,3-8H2,1-2H3. The van der Waals surface area contributed by atoms with Crippen molar-refractivity contribution in [2.75, 3.05) is 13.2 Å². The van der Waals surface area contributed by atoms with Gasteiger partial charge in [-0.3, -0.25) is 5.32 Å². The molecule has 3 atom stereocenters. The molecule has 86 valence electrons. The van der Waals surface area contributed by atoms with Gasteiger partial charge in [0.2, 0.25) is 0 Å². The van der Waals surface area contributed by atoms with Crippen molar-refractivity contribution in [1.82, 2.24) is 5.32 Å². The molecule has 15 heavy (non-hydrogen) atoms. The van der Waals surface area contributed by atoms with Crippen LogP contribution in [0.3, 0.4) is 0 Å². The van der Waals surface area contributed by atoms with Crippen LogP contribution in [0, 0.1) is 23.2 Å². The van der Waals surface area contributed by atoms with E-state index in [1.807, 2.05) is 0 Å². The van der Waals surface area contributed by atoms with Crippen LogP contribution < -0.4 is 5.32 Å². The van der Waals surface area contributed by atoms with Crippen molar-refractivity contribution in [1.29, 1.82) is 5.26 Å². The van der Waals surface area contributed by atoms with Crippen molar-refractivity contribution in [3.8, 4) is 6.07 Å². The molecule has 3 heteroatoms. The number of hydrogen-bond acceptors (Lipinski definition) is 3. The van der Waals surface area contributed by atoms with Gasteiger partial charge in [-0.25, -0.2) is 0 Å². The second-order valence-corrected chi connectivity index (χ2v) is 4.75. The molecule has 2 N–H and O–H groups in total. The monoisotopic (exact) mass is 210 g/mol. The summed E-state index contributed by atoms with van der Waals surface area (Å²) in [7, 11) is 0. The van der Waals surface area contributed by atoms with Crippen molar-refractivity contribution >= 4 is 0 Å². The molecule has 0 bridgehead atoms. The average molecular weight is 210 g/mol. The Balaban J connectivity index is 2.61. The molecule has 0 spiro atoms. The summed E-state index contributed by atoms with van der Waals surface area (Å²) in [6.45, 7) is 5.32. The van der Waals surface area contributed by atoms with Gasteiger partial charge >= 0.3 is 0 Å². The van der Waals surface area contributed by atoms with Gasteiger partial charge < -0.3 is 5.11 Å². The van der Waals surface area contributed by atoms with E-state index in [-0.39, 0.29) is 12.1 Å². The van der Waals surface area contributed by atoms with E-state index in [2.05, 4.69) is 25.2 Å². The van der Waals surface area contributed by atoms with Crippen LogP contribution in [-0.2, 0) is 0 Å². The van der Waals surface area contributed by atoms with E-state index in [4.69, 9.17) is 5.11 Å². The van der Waals surface area contributed by atoms with Gasteiger partial charge in [-0.15, -0.1) is 0 Å². The Hall–Kier alpha value is -0.590. The molecule has 0 aromatic carbocycles. The van der Waals surface area contributed by atoms with Crippen molar-refractivity contribution < 1.29 is 5.11 Å². The Morgan fingerprint density at radius 1 is 1.53 bits per heavy atom. The predicted octanol–water partition coefficient (Wildman–Crippen LogP) is 1.68. The highest BCUT2D eigenvalue weighted by Gasteiger charge is 2.41. The Kier molecular flexibility index (Phi) is 4.56. The molecule has 1 saturated carbocycles. The lowest BCUT2D eigenvalue weighted by Crippen LogP contribution is -2.53. The van der Waals surface area contributed by atoms with Gasteiger partial charge in [0.25, 0.3) is 0 Å². The third-order valence-corrected chi connectivity index (χ3v) is 3.84. The number of nitrogens with zero attached hydrogens (tertiary/aromatic N) is 1. The highest BCUT2D eigenvalue weighted by molar-refractivity contribution is 5.12. The second-order valence-electron chi connectivity index (χ2n) is 4.75. The molecule has 0 amide bonds. The fraction of sp³-hybridized carbons (Fsp3) is 0.917. The normalized spacial score (nSPS) is 36.1. The van der Waals surface area contributed by atoms with E-state index in [0.717, 1.165) is 25.8 Å². The molecule has 1 aliphatic carbocycles. The van der Waals surface area contributed by atoms with Crippen LogP contribution in [0.25, 0.3) is 0 Å². The highest BCUT2D eigenvalue weighted by Crippen LogP contribution is 2.37. The third kappa shape index (κ3) is 2.70. The van der Waals surface area contributed by atoms with Gasteiger partial charge in [-0.05, 0) is 31.2 Å². The summed E-state index contributed by atoms with van der Waals surface area (Å²) in [4.78, 5) is 0. The fourth-order valence-corrected chi connectivity index (χ4v) is 2.50. The number of aliphatic hydroxyl groups is 1. The number of nitrogens with one attached hydrogen (secondary N) is 1. The van der Waals surface area contributed by atoms with Crippen molar-refractivity contribution in [3.05, 3.63) is 0 Å². The molecule has 0 radical (unpaired) electrons. The first-order valence-corrected chi connectivity index (χ1v) is 5.93. The van der Waals surface area contributed by atoms with Crippen LogP contribution in [0.5, 0.6) is 0 Å². The summed E-state index contributed by atoms with van der Waals surface area (Å²) in [5.41, 5.74) is -0.354. The van der Waals surface area contributed by atoms with E-state index < -0.39 is 0 Å². The first-order valence-electron chi connectivity index (χ1n) is 5.93. The van der Waals surface area contributed by atoms with E-state index in [9.17, 15) is 5.26 Å². The lowest BCUT2D eigenvalue weighted by atomic mass is 9.69. The minimum absolute atomic E-state index is 0.193. The van der Waals surface area contributed by atoms with Gasteiger partial charge in [-0.1, -0.05) is 26.7 Å². The molecule has 1 aliphatic rings. The smallest absolute Gasteiger partial charge is 0.109 e. The summed E-state index contributed by atoms with van der Waals surface area (Å²) >= 11 is 0. The zero-order valence-electron chi connectivity index (χ0n) is 9.79. The van der Waals surface area contributed by atoms with E-state index in [0.29, 0.717) is 11.8 Å². The largest absolute Gasteiger partial charge is 0.396 e. The van der Waals surface area contributed by atoms with Crippen LogP contribution in [0.2, 0.25) is 0 Å². The van der Waals surface area contributed by atoms with Gasteiger partial charge in [-0.2, -0.15) is 5.26 Å². The predicted molar refractivity (Wildman–Crippen MR) is 60.2 cm³/mol. The summed E-state index contributed by atoms with van der Waals surface area (Å²) in [5, 5.41) is 21.4.